The number of benzene rings is 1. The lowest BCUT2D eigenvalue weighted by atomic mass is 9.86. The summed E-state index contributed by atoms with van der Waals surface area (Å²) >= 11 is 0. The molecule has 2 aliphatic rings. The molecule has 3 nitrogen and oxygen atoms in total. The molecule has 4 rings (SSSR count). The number of allylic oxidation sites excluding steroid dienone is 1. The first-order valence-electron chi connectivity index (χ1n) is 7.49. The molecule has 1 aromatic carbocycles. The van der Waals surface area contributed by atoms with Crippen LogP contribution in [-0.4, -0.2) is 9.55 Å². The van der Waals surface area contributed by atoms with Gasteiger partial charge in [-0.2, -0.15) is 5.26 Å². The third kappa shape index (κ3) is 1.62. The molecule has 21 heavy (non-hydrogen) atoms. The fourth-order valence-corrected chi connectivity index (χ4v) is 4.03. The summed E-state index contributed by atoms with van der Waals surface area (Å²) in [7, 11) is 0. The van der Waals surface area contributed by atoms with Crippen molar-refractivity contribution in [2.75, 3.05) is 0 Å². The molecular formula is C18H17N3. The van der Waals surface area contributed by atoms with Gasteiger partial charge in [-0.05, 0) is 48.1 Å². The summed E-state index contributed by atoms with van der Waals surface area (Å²) in [6.07, 6.45) is 9.55. The van der Waals surface area contributed by atoms with Crippen molar-refractivity contribution in [1.29, 1.82) is 5.26 Å². The lowest BCUT2D eigenvalue weighted by Crippen LogP contribution is -2.32. The quantitative estimate of drug-likeness (QED) is 0.736. The van der Waals surface area contributed by atoms with E-state index in [0.717, 1.165) is 30.4 Å². The maximum absolute atomic E-state index is 9.13. The summed E-state index contributed by atoms with van der Waals surface area (Å²) in [6.45, 7) is 4.27. The summed E-state index contributed by atoms with van der Waals surface area (Å²) in [4.78, 5) is 4.38. The van der Waals surface area contributed by atoms with Gasteiger partial charge in [0.25, 0.3) is 0 Å². The summed E-state index contributed by atoms with van der Waals surface area (Å²) in [6, 6.07) is 8.29. The fraction of sp³-hybridized carbons (Fsp3) is 0.333. The summed E-state index contributed by atoms with van der Waals surface area (Å²) < 4.78 is 2.36. The predicted octanol–water partition coefficient (Wildman–Crippen LogP) is 3.64. The zero-order valence-electron chi connectivity index (χ0n) is 12.0. The van der Waals surface area contributed by atoms with Gasteiger partial charge in [0, 0.05) is 18.3 Å². The highest BCUT2D eigenvalue weighted by atomic mass is 15.1. The van der Waals surface area contributed by atoms with Crippen LogP contribution in [0.2, 0.25) is 0 Å². The van der Waals surface area contributed by atoms with Crippen LogP contribution in [0.3, 0.4) is 0 Å². The molecule has 0 saturated carbocycles. The Morgan fingerprint density at radius 2 is 2.24 bits per heavy atom. The van der Waals surface area contributed by atoms with Crippen LogP contribution in [0, 0.1) is 11.3 Å². The van der Waals surface area contributed by atoms with Gasteiger partial charge in [0.1, 0.15) is 0 Å². The Bertz CT molecular complexity index is 778. The largest absolute Gasteiger partial charge is 0.324 e. The second-order valence-electron chi connectivity index (χ2n) is 6.15. The van der Waals surface area contributed by atoms with Gasteiger partial charge in [-0.15, -0.1) is 0 Å². The molecular weight excluding hydrogens is 258 g/mol. The third-order valence-electron chi connectivity index (χ3n) is 4.99. The van der Waals surface area contributed by atoms with Crippen LogP contribution in [0.25, 0.3) is 5.57 Å². The van der Waals surface area contributed by atoms with Gasteiger partial charge in [-0.1, -0.05) is 19.1 Å². The highest BCUT2D eigenvalue weighted by molar-refractivity contribution is 5.75. The number of hydrogen-bond acceptors (Lipinski definition) is 2. The van der Waals surface area contributed by atoms with E-state index in [4.69, 9.17) is 5.26 Å². The molecule has 2 aromatic rings. The zero-order valence-corrected chi connectivity index (χ0v) is 12.0. The Labute approximate surface area is 124 Å². The minimum Gasteiger partial charge on any atom is -0.324 e. The molecule has 1 atom stereocenters. The van der Waals surface area contributed by atoms with Gasteiger partial charge in [0.05, 0.1) is 23.5 Å². The first kappa shape index (κ1) is 12.4. The Morgan fingerprint density at radius 3 is 3.10 bits per heavy atom. The standard InChI is InChI=1S/C18H17N3/c1-13-9-18(17-6-5-14(10-19)8-16(13)17)7-3-2-4-15-11-20-12-21(15)18/h5-6,8,11-12H,1-4,7,9H2. The first-order chi connectivity index (χ1) is 10.2. The summed E-state index contributed by atoms with van der Waals surface area (Å²) in [5, 5.41) is 9.13. The Balaban J connectivity index is 1.97. The van der Waals surface area contributed by atoms with Crippen molar-refractivity contribution in [2.45, 2.75) is 37.6 Å². The van der Waals surface area contributed by atoms with Gasteiger partial charge in [0.2, 0.25) is 0 Å². The highest BCUT2D eigenvalue weighted by Crippen LogP contribution is 2.50. The Morgan fingerprint density at radius 1 is 1.33 bits per heavy atom. The van der Waals surface area contributed by atoms with Crippen LogP contribution in [0.4, 0.5) is 0 Å². The molecule has 1 aliphatic heterocycles. The van der Waals surface area contributed by atoms with E-state index in [-0.39, 0.29) is 5.54 Å². The number of aromatic nitrogens is 2. The molecule has 0 radical (unpaired) electrons. The van der Waals surface area contributed by atoms with Crippen LogP contribution in [0.15, 0.2) is 37.3 Å². The van der Waals surface area contributed by atoms with E-state index < -0.39 is 0 Å². The molecule has 1 spiro atoms. The molecule has 1 aromatic heterocycles. The Hall–Kier alpha value is -2.34. The fourth-order valence-electron chi connectivity index (χ4n) is 4.03. The normalized spacial score (nSPS) is 23.5. The van der Waals surface area contributed by atoms with Gasteiger partial charge >= 0.3 is 0 Å². The van der Waals surface area contributed by atoms with Crippen LogP contribution in [0.1, 0.15) is 48.1 Å². The molecule has 1 unspecified atom stereocenters. The van der Waals surface area contributed by atoms with Crippen LogP contribution >= 0.6 is 0 Å². The zero-order chi connectivity index (χ0) is 14.4. The number of nitrogens with zero attached hydrogens (tertiary/aromatic N) is 3. The van der Waals surface area contributed by atoms with E-state index >= 15 is 0 Å². The molecule has 0 bridgehead atoms. The van der Waals surface area contributed by atoms with E-state index in [0.29, 0.717) is 5.56 Å². The van der Waals surface area contributed by atoms with E-state index in [9.17, 15) is 0 Å². The molecule has 0 saturated heterocycles. The molecule has 0 amide bonds. The number of hydrogen-bond donors (Lipinski definition) is 0. The van der Waals surface area contributed by atoms with E-state index in [1.54, 1.807) is 0 Å². The van der Waals surface area contributed by atoms with E-state index in [1.165, 1.54) is 24.1 Å². The van der Waals surface area contributed by atoms with Crippen molar-refractivity contribution in [2.24, 2.45) is 0 Å². The molecule has 2 heterocycles. The average molecular weight is 275 g/mol. The minimum absolute atomic E-state index is 0.0390. The molecule has 0 N–H and O–H groups in total. The third-order valence-corrected chi connectivity index (χ3v) is 4.99. The number of fused-ring (bicyclic) bond motifs is 4. The van der Waals surface area contributed by atoms with Crippen molar-refractivity contribution in [3.8, 4) is 6.07 Å². The molecule has 1 aliphatic carbocycles. The van der Waals surface area contributed by atoms with E-state index in [1.807, 2.05) is 24.7 Å². The van der Waals surface area contributed by atoms with Crippen LogP contribution < -0.4 is 0 Å². The number of imidazole rings is 1. The van der Waals surface area contributed by atoms with Crippen LogP contribution in [-0.2, 0) is 12.0 Å². The van der Waals surface area contributed by atoms with Gasteiger partial charge in [0.15, 0.2) is 0 Å². The van der Waals surface area contributed by atoms with Crippen molar-refractivity contribution in [1.82, 2.24) is 9.55 Å². The second kappa shape index (κ2) is 4.33. The Kier molecular flexibility index (Phi) is 2.56. The monoisotopic (exact) mass is 275 g/mol. The molecule has 104 valence electrons. The molecule has 3 heteroatoms. The van der Waals surface area contributed by atoms with Crippen molar-refractivity contribution >= 4 is 5.57 Å². The van der Waals surface area contributed by atoms with Crippen molar-refractivity contribution in [3.63, 3.8) is 0 Å². The average Bonchev–Trinajstić information content (AvgIpc) is 3.03. The lowest BCUT2D eigenvalue weighted by Gasteiger charge is -2.32. The second-order valence-corrected chi connectivity index (χ2v) is 6.15. The summed E-state index contributed by atoms with van der Waals surface area (Å²) in [5.41, 5.74) is 5.61. The highest BCUT2D eigenvalue weighted by Gasteiger charge is 2.43. The lowest BCUT2D eigenvalue weighted by molar-refractivity contribution is 0.345. The SMILES string of the molecule is C=C1CC2(CCCCc3cncn32)c2ccc(C#N)cc21. The predicted molar refractivity (Wildman–Crippen MR) is 81.7 cm³/mol. The maximum Gasteiger partial charge on any atom is 0.0991 e. The summed E-state index contributed by atoms with van der Waals surface area (Å²) in [5.74, 6) is 0. The number of aryl methyl sites for hydroxylation is 1. The minimum atomic E-state index is -0.0390. The molecule has 0 fully saturated rings. The van der Waals surface area contributed by atoms with Crippen molar-refractivity contribution in [3.05, 3.63) is 59.7 Å². The van der Waals surface area contributed by atoms with Crippen LogP contribution in [0.5, 0.6) is 0 Å². The van der Waals surface area contributed by atoms with Crippen molar-refractivity contribution < 1.29 is 0 Å². The number of rotatable bonds is 0. The van der Waals surface area contributed by atoms with Gasteiger partial charge < -0.3 is 4.57 Å². The topological polar surface area (TPSA) is 41.6 Å². The van der Waals surface area contributed by atoms with Gasteiger partial charge in [-0.25, -0.2) is 4.98 Å². The first-order valence-corrected chi connectivity index (χ1v) is 7.49. The van der Waals surface area contributed by atoms with E-state index in [2.05, 4.69) is 28.3 Å². The maximum atomic E-state index is 9.13. The number of nitriles is 1. The smallest absolute Gasteiger partial charge is 0.0991 e. The van der Waals surface area contributed by atoms with Gasteiger partial charge in [-0.3, -0.25) is 0 Å².